The van der Waals surface area contributed by atoms with Gasteiger partial charge in [-0.3, -0.25) is 9.59 Å². The van der Waals surface area contributed by atoms with Gasteiger partial charge in [0, 0.05) is 18.7 Å². The molecule has 2 amide bonds. The minimum atomic E-state index is -3.69. The van der Waals surface area contributed by atoms with Crippen LogP contribution >= 0.6 is 0 Å². The van der Waals surface area contributed by atoms with E-state index in [2.05, 4.69) is 5.32 Å². The lowest BCUT2D eigenvalue weighted by molar-refractivity contribution is -0.120. The zero-order chi connectivity index (χ0) is 20.0. The summed E-state index contributed by atoms with van der Waals surface area (Å²) in [5.41, 5.74) is 6.09. The number of nitrogens with one attached hydrogen (secondary N) is 1. The van der Waals surface area contributed by atoms with E-state index in [0.29, 0.717) is 18.7 Å². The molecule has 3 N–H and O–H groups in total. The quantitative estimate of drug-likeness (QED) is 0.716. The molecule has 8 heteroatoms. The number of nitrogens with zero attached hydrogens (tertiary/aromatic N) is 1. The maximum Gasteiger partial charge on any atom is 0.252 e. The Balaban J connectivity index is 2.31. The molecule has 0 radical (unpaired) electrons. The van der Waals surface area contributed by atoms with Crippen LogP contribution in [0.25, 0.3) is 0 Å². The molecule has 1 unspecified atom stereocenters. The number of carbonyl (C=O) groups excluding carboxylic acids is 2. The Hall–Kier alpha value is -2.71. The van der Waals surface area contributed by atoms with Crippen LogP contribution in [0.1, 0.15) is 35.8 Å². The maximum atomic E-state index is 12.6. The highest BCUT2D eigenvalue weighted by molar-refractivity contribution is 7.89. The summed E-state index contributed by atoms with van der Waals surface area (Å²) in [5.74, 6) is -1.29. The standard InChI is InChI=1S/C19H23N3O4S/c1-3-22(4-2)27(25,26)16-12-8-11-15(13-16)19(24)21-17(18(20)23)14-9-6-5-7-10-14/h5-13,17H,3-4H2,1-2H3,(H2,20,23)(H,21,24). The van der Waals surface area contributed by atoms with Crippen molar-refractivity contribution in [1.82, 2.24) is 9.62 Å². The van der Waals surface area contributed by atoms with E-state index >= 15 is 0 Å². The molecule has 7 nitrogen and oxygen atoms in total. The monoisotopic (exact) mass is 389 g/mol. The Morgan fingerprint density at radius 3 is 2.22 bits per heavy atom. The highest BCUT2D eigenvalue weighted by atomic mass is 32.2. The van der Waals surface area contributed by atoms with Crippen molar-refractivity contribution in [2.45, 2.75) is 24.8 Å². The molecular formula is C19H23N3O4S. The summed E-state index contributed by atoms with van der Waals surface area (Å²) in [7, 11) is -3.69. The van der Waals surface area contributed by atoms with E-state index in [9.17, 15) is 18.0 Å². The Morgan fingerprint density at radius 2 is 1.67 bits per heavy atom. The smallest absolute Gasteiger partial charge is 0.252 e. The molecule has 0 saturated heterocycles. The SMILES string of the molecule is CCN(CC)S(=O)(=O)c1cccc(C(=O)NC(C(N)=O)c2ccccc2)c1. The molecule has 27 heavy (non-hydrogen) atoms. The average molecular weight is 389 g/mol. The first-order chi connectivity index (χ1) is 12.8. The number of amides is 2. The molecule has 0 fully saturated rings. The molecule has 2 aromatic carbocycles. The van der Waals surface area contributed by atoms with E-state index in [-0.39, 0.29) is 10.5 Å². The van der Waals surface area contributed by atoms with Gasteiger partial charge in [0.05, 0.1) is 4.90 Å². The molecule has 0 saturated carbocycles. The third kappa shape index (κ3) is 4.72. The van der Waals surface area contributed by atoms with Crippen molar-refractivity contribution in [3.8, 4) is 0 Å². The number of nitrogens with two attached hydrogens (primary N) is 1. The number of benzene rings is 2. The normalized spacial score (nSPS) is 12.6. The van der Waals surface area contributed by atoms with Crippen molar-refractivity contribution in [2.24, 2.45) is 5.73 Å². The Kier molecular flexibility index (Phi) is 6.70. The number of rotatable bonds is 8. The van der Waals surface area contributed by atoms with Gasteiger partial charge in [-0.05, 0) is 23.8 Å². The number of sulfonamides is 1. The van der Waals surface area contributed by atoms with Gasteiger partial charge in [-0.1, -0.05) is 50.2 Å². The first kappa shape index (κ1) is 20.6. The first-order valence-electron chi connectivity index (χ1n) is 8.56. The first-order valence-corrected chi connectivity index (χ1v) is 10.0. The predicted octanol–water partition coefficient (Wildman–Crippen LogP) is 1.67. The van der Waals surface area contributed by atoms with Crippen LogP contribution in [0, 0.1) is 0 Å². The topological polar surface area (TPSA) is 110 Å². The van der Waals surface area contributed by atoms with Gasteiger partial charge in [0.25, 0.3) is 5.91 Å². The van der Waals surface area contributed by atoms with E-state index in [4.69, 9.17) is 5.73 Å². The Bertz CT molecular complexity index is 910. The molecule has 2 aromatic rings. The highest BCUT2D eigenvalue weighted by Gasteiger charge is 2.24. The molecular weight excluding hydrogens is 366 g/mol. The van der Waals surface area contributed by atoms with Gasteiger partial charge in [0.1, 0.15) is 6.04 Å². The van der Waals surface area contributed by atoms with Gasteiger partial charge >= 0.3 is 0 Å². The van der Waals surface area contributed by atoms with E-state index in [1.807, 2.05) is 0 Å². The van der Waals surface area contributed by atoms with E-state index in [0.717, 1.165) is 0 Å². The molecule has 0 aliphatic carbocycles. The fourth-order valence-corrected chi connectivity index (χ4v) is 4.19. The summed E-state index contributed by atoms with van der Waals surface area (Å²) in [6.45, 7) is 4.14. The van der Waals surface area contributed by atoms with Gasteiger partial charge in [-0.2, -0.15) is 4.31 Å². The van der Waals surface area contributed by atoms with Crippen LogP contribution < -0.4 is 11.1 Å². The third-order valence-electron chi connectivity index (χ3n) is 4.13. The largest absolute Gasteiger partial charge is 0.368 e. The third-order valence-corrected chi connectivity index (χ3v) is 6.18. The number of carbonyl (C=O) groups is 2. The van der Waals surface area contributed by atoms with Crippen molar-refractivity contribution in [3.63, 3.8) is 0 Å². The van der Waals surface area contributed by atoms with Gasteiger partial charge in [0.2, 0.25) is 15.9 Å². The summed E-state index contributed by atoms with van der Waals surface area (Å²) in [4.78, 5) is 24.4. The summed E-state index contributed by atoms with van der Waals surface area (Å²) in [5, 5.41) is 2.56. The minimum Gasteiger partial charge on any atom is -0.368 e. The van der Waals surface area contributed by atoms with Crippen LogP contribution in [0.2, 0.25) is 0 Å². The zero-order valence-electron chi connectivity index (χ0n) is 15.3. The van der Waals surface area contributed by atoms with Crippen molar-refractivity contribution < 1.29 is 18.0 Å². The Morgan fingerprint density at radius 1 is 1.04 bits per heavy atom. The Labute approximate surface area is 159 Å². The molecule has 0 aliphatic rings. The molecule has 0 heterocycles. The van der Waals surface area contributed by atoms with Crippen LogP contribution in [0.5, 0.6) is 0 Å². The fourth-order valence-electron chi connectivity index (χ4n) is 2.69. The lowest BCUT2D eigenvalue weighted by atomic mass is 10.1. The van der Waals surface area contributed by atoms with Crippen LogP contribution in [0.15, 0.2) is 59.5 Å². The molecule has 0 spiro atoms. The van der Waals surface area contributed by atoms with Crippen LogP contribution in [-0.2, 0) is 14.8 Å². The number of hydrogen-bond acceptors (Lipinski definition) is 4. The molecule has 2 rings (SSSR count). The van der Waals surface area contributed by atoms with E-state index in [1.54, 1.807) is 44.2 Å². The summed E-state index contributed by atoms with van der Waals surface area (Å²) < 4.78 is 26.6. The van der Waals surface area contributed by atoms with Gasteiger partial charge in [-0.25, -0.2) is 8.42 Å². The second-order valence-electron chi connectivity index (χ2n) is 5.84. The van der Waals surface area contributed by atoms with Crippen molar-refractivity contribution >= 4 is 21.8 Å². The van der Waals surface area contributed by atoms with Gasteiger partial charge < -0.3 is 11.1 Å². The van der Waals surface area contributed by atoms with Gasteiger partial charge in [0.15, 0.2) is 0 Å². The fraction of sp³-hybridized carbons (Fsp3) is 0.263. The summed E-state index contributed by atoms with van der Waals surface area (Å²) in [6, 6.07) is 13.3. The lowest BCUT2D eigenvalue weighted by Crippen LogP contribution is -2.37. The average Bonchev–Trinajstić information content (AvgIpc) is 2.67. The minimum absolute atomic E-state index is 0.0224. The van der Waals surface area contributed by atoms with Crippen molar-refractivity contribution in [1.29, 1.82) is 0 Å². The number of primary amides is 1. The van der Waals surface area contributed by atoms with Crippen LogP contribution in [0.4, 0.5) is 0 Å². The second-order valence-corrected chi connectivity index (χ2v) is 7.77. The van der Waals surface area contributed by atoms with Crippen molar-refractivity contribution in [3.05, 3.63) is 65.7 Å². The molecule has 0 aliphatic heterocycles. The second kappa shape index (κ2) is 8.79. The lowest BCUT2D eigenvalue weighted by Gasteiger charge is -2.19. The maximum absolute atomic E-state index is 12.6. The zero-order valence-corrected chi connectivity index (χ0v) is 16.1. The molecule has 0 aromatic heterocycles. The van der Waals surface area contributed by atoms with Crippen LogP contribution in [-0.4, -0.2) is 37.6 Å². The van der Waals surface area contributed by atoms with E-state index in [1.165, 1.54) is 28.6 Å². The van der Waals surface area contributed by atoms with Gasteiger partial charge in [-0.15, -0.1) is 0 Å². The molecule has 0 bridgehead atoms. The molecule has 144 valence electrons. The summed E-state index contributed by atoms with van der Waals surface area (Å²) >= 11 is 0. The van der Waals surface area contributed by atoms with Crippen molar-refractivity contribution in [2.75, 3.05) is 13.1 Å². The summed E-state index contributed by atoms with van der Waals surface area (Å²) in [6.07, 6.45) is 0. The molecule has 1 atom stereocenters. The number of hydrogen-bond donors (Lipinski definition) is 2. The predicted molar refractivity (Wildman–Crippen MR) is 102 cm³/mol. The highest BCUT2D eigenvalue weighted by Crippen LogP contribution is 2.18. The van der Waals surface area contributed by atoms with Crippen LogP contribution in [0.3, 0.4) is 0 Å². The van der Waals surface area contributed by atoms with E-state index < -0.39 is 27.9 Å².